The highest BCUT2D eigenvalue weighted by atomic mass is 16.5. The maximum atomic E-state index is 12.8. The average molecular weight is 396 g/mol. The standard InChI is InChI=1S/C20H24N6O3/c1-13-15(18(27)25-7-9-28-10-8-25)12-22-26(13)16-11-14(5-6-21-16)17-23-19(24-29-17)20(2,3)4/h5-6,11-12H,7-10H2,1-4H3. The van der Waals surface area contributed by atoms with Crippen molar-refractivity contribution in [2.24, 2.45) is 0 Å². The van der Waals surface area contributed by atoms with E-state index in [1.807, 2.05) is 39.8 Å². The highest BCUT2D eigenvalue weighted by Gasteiger charge is 2.24. The van der Waals surface area contributed by atoms with Gasteiger partial charge in [0.25, 0.3) is 11.8 Å². The lowest BCUT2D eigenvalue weighted by Crippen LogP contribution is -2.40. The topological polar surface area (TPSA) is 99.2 Å². The van der Waals surface area contributed by atoms with Gasteiger partial charge in [-0.25, -0.2) is 9.67 Å². The molecule has 0 atom stereocenters. The average Bonchev–Trinajstić information content (AvgIpc) is 3.35. The molecule has 0 saturated carbocycles. The van der Waals surface area contributed by atoms with E-state index in [0.29, 0.717) is 49.4 Å². The van der Waals surface area contributed by atoms with Gasteiger partial charge >= 0.3 is 0 Å². The van der Waals surface area contributed by atoms with Crippen LogP contribution < -0.4 is 0 Å². The maximum Gasteiger partial charge on any atom is 0.258 e. The van der Waals surface area contributed by atoms with Crippen molar-refractivity contribution in [1.82, 2.24) is 29.8 Å². The summed E-state index contributed by atoms with van der Waals surface area (Å²) < 4.78 is 12.4. The van der Waals surface area contributed by atoms with Gasteiger partial charge in [0, 0.05) is 30.3 Å². The minimum Gasteiger partial charge on any atom is -0.378 e. The summed E-state index contributed by atoms with van der Waals surface area (Å²) in [7, 11) is 0. The van der Waals surface area contributed by atoms with E-state index in [1.165, 1.54) is 0 Å². The van der Waals surface area contributed by atoms with Crippen LogP contribution in [0.5, 0.6) is 0 Å². The van der Waals surface area contributed by atoms with Crippen molar-refractivity contribution < 1.29 is 14.1 Å². The van der Waals surface area contributed by atoms with E-state index < -0.39 is 0 Å². The normalized spacial score (nSPS) is 15.0. The molecule has 9 heteroatoms. The Labute approximate surface area is 168 Å². The van der Waals surface area contributed by atoms with Crippen molar-refractivity contribution >= 4 is 5.91 Å². The smallest absolute Gasteiger partial charge is 0.258 e. The van der Waals surface area contributed by atoms with Crippen molar-refractivity contribution in [1.29, 1.82) is 0 Å². The lowest BCUT2D eigenvalue weighted by atomic mass is 9.96. The zero-order chi connectivity index (χ0) is 20.6. The van der Waals surface area contributed by atoms with Crippen molar-refractivity contribution in [2.45, 2.75) is 33.1 Å². The molecule has 4 rings (SSSR count). The van der Waals surface area contributed by atoms with E-state index in [-0.39, 0.29) is 11.3 Å². The van der Waals surface area contributed by atoms with E-state index >= 15 is 0 Å². The molecular formula is C20H24N6O3. The second kappa shape index (κ2) is 7.40. The third-order valence-electron chi connectivity index (χ3n) is 4.84. The first-order chi connectivity index (χ1) is 13.8. The fourth-order valence-corrected chi connectivity index (χ4v) is 3.10. The Kier molecular flexibility index (Phi) is 4.91. The van der Waals surface area contributed by atoms with Crippen LogP contribution in [-0.4, -0.2) is 62.0 Å². The van der Waals surface area contributed by atoms with E-state index in [2.05, 4.69) is 20.2 Å². The molecule has 1 fully saturated rings. The maximum absolute atomic E-state index is 12.8. The quantitative estimate of drug-likeness (QED) is 0.670. The number of aromatic nitrogens is 5. The van der Waals surface area contributed by atoms with Crippen LogP contribution in [0.4, 0.5) is 0 Å². The molecule has 0 aromatic carbocycles. The largest absolute Gasteiger partial charge is 0.378 e. The third-order valence-corrected chi connectivity index (χ3v) is 4.84. The summed E-state index contributed by atoms with van der Waals surface area (Å²) in [5, 5.41) is 8.46. The number of amides is 1. The van der Waals surface area contributed by atoms with Gasteiger partial charge in [-0.2, -0.15) is 10.1 Å². The van der Waals surface area contributed by atoms with Crippen LogP contribution in [0.25, 0.3) is 17.3 Å². The number of pyridine rings is 1. The number of carbonyl (C=O) groups excluding carboxylic acids is 1. The van der Waals surface area contributed by atoms with E-state index in [0.717, 1.165) is 11.3 Å². The Morgan fingerprint density at radius 3 is 2.66 bits per heavy atom. The molecular weight excluding hydrogens is 372 g/mol. The van der Waals surface area contributed by atoms with Crippen LogP contribution in [0, 0.1) is 6.92 Å². The predicted molar refractivity (Wildman–Crippen MR) is 105 cm³/mol. The van der Waals surface area contributed by atoms with Crippen LogP contribution in [0.2, 0.25) is 0 Å². The highest BCUT2D eigenvalue weighted by molar-refractivity contribution is 5.95. The molecule has 0 aliphatic carbocycles. The fourth-order valence-electron chi connectivity index (χ4n) is 3.10. The lowest BCUT2D eigenvalue weighted by Gasteiger charge is -2.26. The molecule has 3 aromatic heterocycles. The van der Waals surface area contributed by atoms with Gasteiger partial charge in [0.2, 0.25) is 0 Å². The first kappa shape index (κ1) is 19.3. The number of morpholine rings is 1. The van der Waals surface area contributed by atoms with Crippen LogP contribution in [0.1, 0.15) is 42.6 Å². The fraction of sp³-hybridized carbons (Fsp3) is 0.450. The molecule has 0 unspecified atom stereocenters. The number of nitrogens with zero attached hydrogens (tertiary/aromatic N) is 6. The summed E-state index contributed by atoms with van der Waals surface area (Å²) in [6.07, 6.45) is 3.25. The second-order valence-electron chi connectivity index (χ2n) is 8.04. The monoisotopic (exact) mass is 396 g/mol. The Hall–Kier alpha value is -3.07. The number of carbonyl (C=O) groups is 1. The lowest BCUT2D eigenvalue weighted by molar-refractivity contribution is 0.0302. The zero-order valence-electron chi connectivity index (χ0n) is 17.0. The highest BCUT2D eigenvalue weighted by Crippen LogP contribution is 2.25. The zero-order valence-corrected chi connectivity index (χ0v) is 17.0. The molecule has 0 N–H and O–H groups in total. The van der Waals surface area contributed by atoms with Gasteiger partial charge < -0.3 is 14.2 Å². The Balaban J connectivity index is 1.63. The Bertz CT molecular complexity index is 1030. The van der Waals surface area contributed by atoms with Crippen molar-refractivity contribution in [3.05, 3.63) is 41.6 Å². The van der Waals surface area contributed by atoms with Crippen LogP contribution in [0.3, 0.4) is 0 Å². The Morgan fingerprint density at radius 2 is 1.97 bits per heavy atom. The summed E-state index contributed by atoms with van der Waals surface area (Å²) in [4.78, 5) is 23.5. The molecule has 1 saturated heterocycles. The molecule has 29 heavy (non-hydrogen) atoms. The molecule has 4 heterocycles. The number of hydrogen-bond acceptors (Lipinski definition) is 7. The van der Waals surface area contributed by atoms with Crippen molar-refractivity contribution in [3.63, 3.8) is 0 Å². The number of rotatable bonds is 3. The van der Waals surface area contributed by atoms with Gasteiger partial charge in [-0.3, -0.25) is 4.79 Å². The minimum absolute atomic E-state index is 0.0417. The summed E-state index contributed by atoms with van der Waals surface area (Å²) in [6.45, 7) is 10.2. The molecule has 9 nitrogen and oxygen atoms in total. The number of ether oxygens (including phenoxy) is 1. The van der Waals surface area contributed by atoms with Crippen LogP contribution in [-0.2, 0) is 10.2 Å². The van der Waals surface area contributed by atoms with Crippen molar-refractivity contribution in [2.75, 3.05) is 26.3 Å². The van der Waals surface area contributed by atoms with E-state index in [4.69, 9.17) is 9.26 Å². The summed E-state index contributed by atoms with van der Waals surface area (Å²) in [5.74, 6) is 1.60. The number of hydrogen-bond donors (Lipinski definition) is 0. The molecule has 0 bridgehead atoms. The minimum atomic E-state index is -0.203. The first-order valence-corrected chi connectivity index (χ1v) is 9.57. The van der Waals surface area contributed by atoms with E-state index in [9.17, 15) is 4.79 Å². The van der Waals surface area contributed by atoms with Crippen LogP contribution in [0.15, 0.2) is 29.0 Å². The molecule has 3 aromatic rings. The van der Waals surface area contributed by atoms with E-state index in [1.54, 1.807) is 22.0 Å². The summed E-state index contributed by atoms with van der Waals surface area (Å²) in [6, 6.07) is 3.63. The SMILES string of the molecule is Cc1c(C(=O)N2CCOCC2)cnn1-c1cc(-c2nc(C(C)(C)C)no2)ccn1. The van der Waals surface area contributed by atoms with Gasteiger partial charge in [0.05, 0.1) is 30.7 Å². The van der Waals surface area contributed by atoms with Gasteiger partial charge in [-0.1, -0.05) is 25.9 Å². The molecule has 1 amide bonds. The molecule has 1 aliphatic heterocycles. The molecule has 1 aliphatic rings. The van der Waals surface area contributed by atoms with Gasteiger partial charge in [-0.05, 0) is 19.1 Å². The molecule has 0 spiro atoms. The molecule has 0 radical (unpaired) electrons. The first-order valence-electron chi connectivity index (χ1n) is 9.57. The predicted octanol–water partition coefficient (Wildman–Crippen LogP) is 2.40. The summed E-state index contributed by atoms with van der Waals surface area (Å²) in [5.41, 5.74) is 1.83. The molecule has 152 valence electrons. The van der Waals surface area contributed by atoms with Gasteiger partial charge in [0.1, 0.15) is 0 Å². The Morgan fingerprint density at radius 1 is 1.21 bits per heavy atom. The van der Waals surface area contributed by atoms with Crippen LogP contribution >= 0.6 is 0 Å². The van der Waals surface area contributed by atoms with Crippen molar-refractivity contribution in [3.8, 4) is 17.3 Å². The van der Waals surface area contributed by atoms with Gasteiger partial charge in [-0.15, -0.1) is 0 Å². The van der Waals surface area contributed by atoms with Gasteiger partial charge in [0.15, 0.2) is 11.6 Å². The third kappa shape index (κ3) is 3.77. The second-order valence-corrected chi connectivity index (χ2v) is 8.04. The summed E-state index contributed by atoms with van der Waals surface area (Å²) >= 11 is 0.